The summed E-state index contributed by atoms with van der Waals surface area (Å²) in [5.74, 6) is -1.31. The molecular weight excluding hydrogens is 220 g/mol. The van der Waals surface area contributed by atoms with Gasteiger partial charge in [-0.15, -0.1) is 0 Å². The van der Waals surface area contributed by atoms with Gasteiger partial charge in [-0.2, -0.15) is 0 Å². The van der Waals surface area contributed by atoms with Crippen LogP contribution in [-0.2, 0) is 9.59 Å². The molecule has 1 amide bonds. The standard InChI is InChI=1S/C12H22N2O3/c1-3-5-12(11(16)17)6-4-7-14(12)10(15)9(2)8-13/h9H,3-8,13H2,1-2H3,(H,16,17). The van der Waals surface area contributed by atoms with E-state index in [4.69, 9.17) is 5.73 Å². The summed E-state index contributed by atoms with van der Waals surface area (Å²) in [7, 11) is 0. The maximum absolute atomic E-state index is 12.2. The number of aliphatic carboxylic acids is 1. The van der Waals surface area contributed by atoms with Crippen molar-refractivity contribution in [2.45, 2.75) is 45.1 Å². The Hall–Kier alpha value is -1.10. The first-order valence-corrected chi connectivity index (χ1v) is 6.24. The third kappa shape index (κ3) is 2.44. The van der Waals surface area contributed by atoms with E-state index in [0.717, 1.165) is 12.8 Å². The van der Waals surface area contributed by atoms with Crippen molar-refractivity contribution >= 4 is 11.9 Å². The molecule has 0 aromatic carbocycles. The van der Waals surface area contributed by atoms with E-state index in [9.17, 15) is 14.7 Å². The second kappa shape index (κ2) is 5.49. The van der Waals surface area contributed by atoms with E-state index in [0.29, 0.717) is 19.4 Å². The number of nitrogens with two attached hydrogens (primary N) is 1. The summed E-state index contributed by atoms with van der Waals surface area (Å²) in [4.78, 5) is 25.2. The lowest BCUT2D eigenvalue weighted by Gasteiger charge is -2.36. The molecule has 5 heteroatoms. The highest BCUT2D eigenvalue weighted by Gasteiger charge is 2.49. The zero-order valence-electron chi connectivity index (χ0n) is 10.6. The smallest absolute Gasteiger partial charge is 0.329 e. The van der Waals surface area contributed by atoms with Crippen molar-refractivity contribution in [1.82, 2.24) is 4.90 Å². The van der Waals surface area contributed by atoms with Crippen molar-refractivity contribution in [2.75, 3.05) is 13.1 Å². The van der Waals surface area contributed by atoms with Crippen molar-refractivity contribution in [1.29, 1.82) is 0 Å². The first-order chi connectivity index (χ1) is 7.99. The van der Waals surface area contributed by atoms with Gasteiger partial charge in [0.25, 0.3) is 0 Å². The molecule has 2 unspecified atom stereocenters. The van der Waals surface area contributed by atoms with Crippen LogP contribution >= 0.6 is 0 Å². The lowest BCUT2D eigenvalue weighted by Crippen LogP contribution is -2.55. The minimum Gasteiger partial charge on any atom is -0.479 e. The molecule has 0 bridgehead atoms. The van der Waals surface area contributed by atoms with Gasteiger partial charge in [-0.1, -0.05) is 20.3 Å². The number of rotatable bonds is 5. The highest BCUT2D eigenvalue weighted by Crippen LogP contribution is 2.35. The third-order valence-corrected chi connectivity index (χ3v) is 3.59. The second-order valence-corrected chi connectivity index (χ2v) is 4.82. The number of likely N-dealkylation sites (tertiary alicyclic amines) is 1. The van der Waals surface area contributed by atoms with Crippen LogP contribution in [0.15, 0.2) is 0 Å². The largest absolute Gasteiger partial charge is 0.479 e. The SMILES string of the molecule is CCCC1(C(=O)O)CCCN1C(=O)C(C)CN. The average Bonchev–Trinajstić information content (AvgIpc) is 2.72. The van der Waals surface area contributed by atoms with E-state index < -0.39 is 11.5 Å². The molecule has 0 spiro atoms. The predicted molar refractivity (Wildman–Crippen MR) is 64.4 cm³/mol. The Morgan fingerprint density at radius 2 is 2.18 bits per heavy atom. The molecule has 98 valence electrons. The van der Waals surface area contributed by atoms with Gasteiger partial charge in [-0.05, 0) is 19.3 Å². The zero-order chi connectivity index (χ0) is 13.1. The maximum Gasteiger partial charge on any atom is 0.329 e. The molecule has 0 aromatic rings. The third-order valence-electron chi connectivity index (χ3n) is 3.59. The van der Waals surface area contributed by atoms with E-state index in [1.807, 2.05) is 6.92 Å². The molecule has 1 saturated heterocycles. The van der Waals surface area contributed by atoms with Gasteiger partial charge in [0.15, 0.2) is 0 Å². The Kier molecular flexibility index (Phi) is 4.51. The van der Waals surface area contributed by atoms with Gasteiger partial charge in [0.2, 0.25) is 5.91 Å². The van der Waals surface area contributed by atoms with Crippen LogP contribution in [0.3, 0.4) is 0 Å². The van der Waals surface area contributed by atoms with Crippen molar-refractivity contribution < 1.29 is 14.7 Å². The molecule has 0 saturated carbocycles. The van der Waals surface area contributed by atoms with Gasteiger partial charge >= 0.3 is 5.97 Å². The summed E-state index contributed by atoms with van der Waals surface area (Å²) in [6.07, 6.45) is 2.59. The molecule has 0 radical (unpaired) electrons. The van der Waals surface area contributed by atoms with Gasteiger partial charge in [-0.25, -0.2) is 4.79 Å². The van der Waals surface area contributed by atoms with Crippen molar-refractivity contribution in [3.05, 3.63) is 0 Å². The molecule has 1 aliphatic heterocycles. The lowest BCUT2D eigenvalue weighted by atomic mass is 9.90. The Bertz CT molecular complexity index is 306. The van der Waals surface area contributed by atoms with Crippen LogP contribution in [0.2, 0.25) is 0 Å². The van der Waals surface area contributed by atoms with E-state index in [1.54, 1.807) is 6.92 Å². The molecule has 17 heavy (non-hydrogen) atoms. The molecule has 3 N–H and O–H groups in total. The zero-order valence-corrected chi connectivity index (χ0v) is 10.6. The highest BCUT2D eigenvalue weighted by atomic mass is 16.4. The van der Waals surface area contributed by atoms with Crippen molar-refractivity contribution in [3.8, 4) is 0 Å². The van der Waals surface area contributed by atoms with Crippen LogP contribution in [0.1, 0.15) is 39.5 Å². The minimum atomic E-state index is -0.991. The number of carbonyl (C=O) groups is 2. The van der Waals surface area contributed by atoms with Crippen LogP contribution in [-0.4, -0.2) is 40.5 Å². The van der Waals surface area contributed by atoms with Gasteiger partial charge in [0, 0.05) is 19.0 Å². The monoisotopic (exact) mass is 242 g/mol. The van der Waals surface area contributed by atoms with Crippen LogP contribution in [0.5, 0.6) is 0 Å². The molecule has 2 atom stereocenters. The molecule has 0 aliphatic carbocycles. The van der Waals surface area contributed by atoms with Crippen molar-refractivity contribution in [2.24, 2.45) is 11.7 Å². The Balaban J connectivity index is 2.96. The topological polar surface area (TPSA) is 83.6 Å². The number of amides is 1. The van der Waals surface area contributed by atoms with Crippen LogP contribution in [0, 0.1) is 5.92 Å². The summed E-state index contributed by atoms with van der Waals surface area (Å²) in [5, 5.41) is 9.44. The van der Waals surface area contributed by atoms with Crippen LogP contribution in [0.25, 0.3) is 0 Å². The summed E-state index contributed by atoms with van der Waals surface area (Å²) >= 11 is 0. The first kappa shape index (κ1) is 14.0. The molecule has 1 heterocycles. The number of hydrogen-bond acceptors (Lipinski definition) is 3. The van der Waals surface area contributed by atoms with E-state index >= 15 is 0 Å². The summed E-state index contributed by atoms with van der Waals surface area (Å²) in [6.45, 7) is 4.49. The number of carbonyl (C=O) groups excluding carboxylic acids is 1. The maximum atomic E-state index is 12.2. The molecule has 1 fully saturated rings. The van der Waals surface area contributed by atoms with Gasteiger partial charge in [0.1, 0.15) is 5.54 Å². The van der Waals surface area contributed by atoms with Crippen LogP contribution in [0.4, 0.5) is 0 Å². The number of nitrogens with zero attached hydrogens (tertiary/aromatic N) is 1. The summed E-state index contributed by atoms with van der Waals surface area (Å²) in [6, 6.07) is 0. The normalized spacial score (nSPS) is 25.9. The fraction of sp³-hybridized carbons (Fsp3) is 0.833. The van der Waals surface area contributed by atoms with E-state index in [1.165, 1.54) is 4.90 Å². The summed E-state index contributed by atoms with van der Waals surface area (Å²) in [5.41, 5.74) is 4.49. The fourth-order valence-corrected chi connectivity index (χ4v) is 2.57. The quantitative estimate of drug-likeness (QED) is 0.748. The number of carboxylic acid groups (broad SMARTS) is 1. The summed E-state index contributed by atoms with van der Waals surface area (Å²) < 4.78 is 0. The Morgan fingerprint density at radius 1 is 1.53 bits per heavy atom. The molecular formula is C12H22N2O3. The number of hydrogen-bond donors (Lipinski definition) is 2. The highest BCUT2D eigenvalue weighted by molar-refractivity contribution is 5.88. The van der Waals surface area contributed by atoms with Gasteiger partial charge < -0.3 is 15.7 Å². The van der Waals surface area contributed by atoms with Gasteiger partial charge in [0.05, 0.1) is 0 Å². The van der Waals surface area contributed by atoms with E-state index in [-0.39, 0.29) is 18.4 Å². The first-order valence-electron chi connectivity index (χ1n) is 6.24. The molecule has 1 aliphatic rings. The van der Waals surface area contributed by atoms with Crippen LogP contribution < -0.4 is 5.73 Å². The second-order valence-electron chi connectivity index (χ2n) is 4.82. The molecule has 1 rings (SSSR count). The Morgan fingerprint density at radius 3 is 2.65 bits per heavy atom. The minimum absolute atomic E-state index is 0.124. The van der Waals surface area contributed by atoms with Gasteiger partial charge in [-0.3, -0.25) is 4.79 Å². The average molecular weight is 242 g/mol. The number of carboxylic acids is 1. The fourth-order valence-electron chi connectivity index (χ4n) is 2.57. The van der Waals surface area contributed by atoms with Crippen molar-refractivity contribution in [3.63, 3.8) is 0 Å². The molecule has 0 aromatic heterocycles. The lowest BCUT2D eigenvalue weighted by molar-refractivity contribution is -0.158. The Labute approximate surface area is 102 Å². The van der Waals surface area contributed by atoms with E-state index in [2.05, 4.69) is 0 Å². The predicted octanol–water partition coefficient (Wildman–Crippen LogP) is 0.827. The molecule has 5 nitrogen and oxygen atoms in total.